The van der Waals surface area contributed by atoms with Crippen LogP contribution >= 0.6 is 0 Å². The maximum atomic E-state index is 10.2. The van der Waals surface area contributed by atoms with Crippen LogP contribution in [0.3, 0.4) is 0 Å². The van der Waals surface area contributed by atoms with E-state index in [9.17, 15) is 5.11 Å². The Kier molecular flexibility index (Phi) is 8.99. The molecule has 3 aromatic carbocycles. The zero-order valence-corrected chi connectivity index (χ0v) is 25.2. The second-order valence-electron chi connectivity index (χ2n) is 10.5. The molecular formula is C34H36N10O2. The molecule has 1 unspecified atom stereocenters. The average Bonchev–Trinajstić information content (AvgIpc) is 3.73. The van der Waals surface area contributed by atoms with Gasteiger partial charge in [-0.25, -0.2) is 9.97 Å². The highest BCUT2D eigenvalue weighted by Gasteiger charge is 2.16. The molecule has 13 N–H and O–H groups in total. The van der Waals surface area contributed by atoms with Crippen molar-refractivity contribution in [3.8, 4) is 11.5 Å². The summed E-state index contributed by atoms with van der Waals surface area (Å²) in [5.41, 5.74) is 41.5. The minimum Gasteiger partial charge on any atom is -0.507 e. The topological polar surface area (TPSA) is 221 Å². The van der Waals surface area contributed by atoms with Crippen LogP contribution in [0.5, 0.6) is 11.5 Å². The van der Waals surface area contributed by atoms with Crippen molar-refractivity contribution in [2.75, 3.05) is 0 Å². The van der Waals surface area contributed by atoms with Gasteiger partial charge in [0, 0.05) is 39.9 Å². The molecule has 0 aliphatic heterocycles. The second-order valence-corrected chi connectivity index (χ2v) is 10.5. The number of allylic oxidation sites excluding steroid dienone is 4. The van der Waals surface area contributed by atoms with Gasteiger partial charge in [0.25, 0.3) is 0 Å². The average molecular weight is 617 g/mol. The van der Waals surface area contributed by atoms with Crippen LogP contribution in [0.1, 0.15) is 41.0 Å². The van der Waals surface area contributed by atoms with Gasteiger partial charge in [-0.3, -0.25) is 0 Å². The fourth-order valence-electron chi connectivity index (χ4n) is 4.78. The minimum absolute atomic E-state index is 0.0181. The van der Waals surface area contributed by atoms with Gasteiger partial charge < -0.3 is 48.9 Å². The van der Waals surface area contributed by atoms with Crippen LogP contribution in [-0.4, -0.2) is 24.4 Å². The molecular weight excluding hydrogens is 580 g/mol. The monoisotopic (exact) mass is 616 g/mol. The number of benzene rings is 3. The van der Waals surface area contributed by atoms with Crippen LogP contribution in [0.25, 0.3) is 22.5 Å². The Morgan fingerprint density at radius 3 is 1.89 bits per heavy atom. The molecule has 0 bridgehead atoms. The summed E-state index contributed by atoms with van der Waals surface area (Å²) in [5, 5.41) is 10.2. The van der Waals surface area contributed by atoms with E-state index < -0.39 is 0 Å². The Labute approximate surface area is 266 Å². The number of rotatable bonds is 10. The molecule has 12 nitrogen and oxygen atoms in total. The molecule has 0 aliphatic carbocycles. The number of nitrogens with two attached hydrogens (primary N) is 6. The summed E-state index contributed by atoms with van der Waals surface area (Å²) in [7, 11) is 0. The van der Waals surface area contributed by atoms with Gasteiger partial charge in [-0.2, -0.15) is 4.73 Å². The molecule has 46 heavy (non-hydrogen) atoms. The lowest BCUT2D eigenvalue weighted by atomic mass is 10.1. The molecule has 1 atom stereocenters. The first-order valence-corrected chi connectivity index (χ1v) is 14.3. The first kappa shape index (κ1) is 30.9. The summed E-state index contributed by atoms with van der Waals surface area (Å²) in [6.07, 6.45) is 9.85. The number of nitrogens with zero attached hydrogens (tertiary/aromatic N) is 4. The van der Waals surface area contributed by atoms with Crippen molar-refractivity contribution in [1.29, 1.82) is 0 Å². The summed E-state index contributed by atoms with van der Waals surface area (Å²) in [5.74, 6) is 0.490. The van der Waals surface area contributed by atoms with Gasteiger partial charge in [0.2, 0.25) is 0 Å². The maximum absolute atomic E-state index is 10.2. The van der Waals surface area contributed by atoms with E-state index in [1.54, 1.807) is 55.0 Å². The van der Waals surface area contributed by atoms with Gasteiger partial charge in [0.05, 0.1) is 30.0 Å². The van der Waals surface area contributed by atoms with E-state index in [-0.39, 0.29) is 29.1 Å². The van der Waals surface area contributed by atoms with Gasteiger partial charge in [-0.15, -0.1) is 0 Å². The SMILES string of the molecule is CC(c1ccccc1)n1cnc(C(/C=C(\N)c2ccccc2On2cnc(C(/C=C(\N)c3ccccc3O)=C(N)N)c2)=C(N)N)c1. The predicted molar refractivity (Wildman–Crippen MR) is 180 cm³/mol. The third-order valence-corrected chi connectivity index (χ3v) is 7.28. The molecule has 2 heterocycles. The number of imidazole rings is 2. The van der Waals surface area contributed by atoms with Gasteiger partial charge >= 0.3 is 0 Å². The molecule has 0 saturated carbocycles. The van der Waals surface area contributed by atoms with Crippen LogP contribution in [-0.2, 0) is 0 Å². The third-order valence-electron chi connectivity index (χ3n) is 7.28. The van der Waals surface area contributed by atoms with E-state index in [0.29, 0.717) is 45.1 Å². The van der Waals surface area contributed by atoms with Crippen molar-refractivity contribution in [3.05, 3.63) is 156 Å². The van der Waals surface area contributed by atoms with Crippen molar-refractivity contribution in [2.45, 2.75) is 13.0 Å². The van der Waals surface area contributed by atoms with Crippen LogP contribution < -0.4 is 39.2 Å². The molecule has 0 amide bonds. The number of aromatic nitrogens is 4. The normalized spacial score (nSPS) is 12.4. The summed E-state index contributed by atoms with van der Waals surface area (Å²) in [6, 6.07) is 24.0. The number of hydrogen-bond acceptors (Lipinski definition) is 10. The molecule has 0 fully saturated rings. The lowest BCUT2D eigenvalue weighted by Gasteiger charge is -2.13. The Bertz CT molecular complexity index is 1960. The van der Waals surface area contributed by atoms with Crippen molar-refractivity contribution in [3.63, 3.8) is 0 Å². The number of phenolic OH excluding ortho intramolecular Hbond substituents is 1. The van der Waals surface area contributed by atoms with Gasteiger partial charge in [0.1, 0.15) is 23.7 Å². The van der Waals surface area contributed by atoms with E-state index in [1.807, 2.05) is 41.1 Å². The first-order valence-electron chi connectivity index (χ1n) is 14.3. The highest BCUT2D eigenvalue weighted by Crippen LogP contribution is 2.29. The zero-order chi connectivity index (χ0) is 32.8. The number of aromatic hydroxyl groups is 1. The first-order chi connectivity index (χ1) is 22.1. The Morgan fingerprint density at radius 2 is 1.24 bits per heavy atom. The minimum atomic E-state index is -0.0181. The molecule has 12 heteroatoms. The number of hydrogen-bond donors (Lipinski definition) is 7. The van der Waals surface area contributed by atoms with Crippen molar-refractivity contribution in [2.24, 2.45) is 34.4 Å². The quantitative estimate of drug-likeness (QED) is 0.113. The van der Waals surface area contributed by atoms with E-state index in [2.05, 4.69) is 29.0 Å². The van der Waals surface area contributed by atoms with Crippen molar-refractivity contribution >= 4 is 22.5 Å². The van der Waals surface area contributed by atoms with Gasteiger partial charge in [-0.05, 0) is 48.9 Å². The molecule has 0 radical (unpaired) electrons. The molecule has 5 aromatic rings. The Balaban J connectivity index is 1.40. The molecule has 5 rings (SSSR count). The largest absolute Gasteiger partial charge is 0.507 e. The highest BCUT2D eigenvalue weighted by atomic mass is 16.7. The van der Waals surface area contributed by atoms with E-state index in [0.717, 1.165) is 5.56 Å². The number of phenols is 1. The molecule has 0 spiro atoms. The summed E-state index contributed by atoms with van der Waals surface area (Å²) in [4.78, 5) is 15.1. The van der Waals surface area contributed by atoms with E-state index in [1.165, 1.54) is 17.1 Å². The van der Waals surface area contributed by atoms with Crippen LogP contribution in [0.4, 0.5) is 0 Å². The van der Waals surface area contributed by atoms with E-state index in [4.69, 9.17) is 39.2 Å². The molecule has 234 valence electrons. The molecule has 0 aliphatic rings. The lowest BCUT2D eigenvalue weighted by molar-refractivity contribution is 0.214. The zero-order valence-electron chi connectivity index (χ0n) is 25.2. The van der Waals surface area contributed by atoms with E-state index >= 15 is 0 Å². The van der Waals surface area contributed by atoms with Gasteiger partial charge in [0.15, 0.2) is 5.75 Å². The number of para-hydroxylation sites is 2. The summed E-state index contributed by atoms with van der Waals surface area (Å²) < 4.78 is 3.36. The lowest BCUT2D eigenvalue weighted by Crippen LogP contribution is -2.12. The Morgan fingerprint density at radius 1 is 0.696 bits per heavy atom. The standard InChI is InChI=1S/C34H36N10O2/c1-21(22-9-3-2-4-10-22)43-17-29(41-19-43)25(33(37)38)16-28(36)24-12-6-8-14-32(24)46-44-18-30(42-20-44)26(34(39)40)15-27(35)23-11-5-7-13-31(23)45/h2-21,45H,35-40H2,1H3/b27-15-,28-16-. The van der Waals surface area contributed by atoms with Crippen LogP contribution in [0.15, 0.2) is 128 Å². The fourth-order valence-corrected chi connectivity index (χ4v) is 4.78. The maximum Gasteiger partial charge on any atom is 0.165 e. The second kappa shape index (κ2) is 13.4. The summed E-state index contributed by atoms with van der Waals surface area (Å²) in [6.45, 7) is 2.08. The smallest absolute Gasteiger partial charge is 0.165 e. The van der Waals surface area contributed by atoms with Crippen LogP contribution in [0, 0.1) is 0 Å². The predicted octanol–water partition coefficient (Wildman–Crippen LogP) is 3.41. The fraction of sp³-hybridized carbons (Fsp3) is 0.0588. The Hall–Kier alpha value is -6.56. The molecule has 2 aromatic heterocycles. The van der Waals surface area contributed by atoms with Crippen molar-refractivity contribution in [1.82, 2.24) is 19.3 Å². The van der Waals surface area contributed by atoms with Crippen molar-refractivity contribution < 1.29 is 9.94 Å². The summed E-state index contributed by atoms with van der Waals surface area (Å²) >= 11 is 0. The molecule has 0 saturated heterocycles. The third kappa shape index (κ3) is 6.81. The highest BCUT2D eigenvalue weighted by molar-refractivity contribution is 5.85. The van der Waals surface area contributed by atoms with Crippen LogP contribution in [0.2, 0.25) is 0 Å². The van der Waals surface area contributed by atoms with Gasteiger partial charge in [-0.1, -0.05) is 54.6 Å².